The molecule has 3 heterocycles. The average Bonchev–Trinajstić information content (AvgIpc) is 3.36. The van der Waals surface area contributed by atoms with E-state index in [1.54, 1.807) is 24.0 Å². The van der Waals surface area contributed by atoms with Gasteiger partial charge >= 0.3 is 0 Å². The van der Waals surface area contributed by atoms with E-state index in [1.807, 2.05) is 48.7 Å². The summed E-state index contributed by atoms with van der Waals surface area (Å²) in [5, 5.41) is 10.0. The van der Waals surface area contributed by atoms with Crippen molar-refractivity contribution in [2.45, 2.75) is 62.5 Å². The first-order valence-corrected chi connectivity index (χ1v) is 13.8. The summed E-state index contributed by atoms with van der Waals surface area (Å²) in [6.07, 6.45) is 7.80. The van der Waals surface area contributed by atoms with E-state index in [-0.39, 0.29) is 5.82 Å². The highest BCUT2D eigenvalue weighted by atomic mass is 32.2. The summed E-state index contributed by atoms with van der Waals surface area (Å²) in [5.74, 6) is 2.27. The van der Waals surface area contributed by atoms with Gasteiger partial charge in [0.05, 0.1) is 6.61 Å². The largest absolute Gasteiger partial charge is 0.460 e. The van der Waals surface area contributed by atoms with Crippen molar-refractivity contribution in [3.8, 4) is 17.1 Å². The lowest BCUT2D eigenvalue weighted by molar-refractivity contribution is -0.112. The summed E-state index contributed by atoms with van der Waals surface area (Å²) in [5.41, 5.74) is 3.40. The van der Waals surface area contributed by atoms with Crippen LogP contribution < -0.4 is 4.74 Å². The molecular formula is C29H29FN4O2S. The smallest absolute Gasteiger partial charge is 0.227 e. The van der Waals surface area contributed by atoms with Gasteiger partial charge in [0.2, 0.25) is 6.29 Å². The number of hydrogen-bond donors (Lipinski definition) is 0. The number of halogens is 1. The minimum absolute atomic E-state index is 0.293. The van der Waals surface area contributed by atoms with Crippen LogP contribution in [-0.2, 0) is 17.1 Å². The number of thioether (sulfide) groups is 1. The molecule has 0 radical (unpaired) electrons. The maximum absolute atomic E-state index is 14.6. The quantitative estimate of drug-likeness (QED) is 0.254. The van der Waals surface area contributed by atoms with Crippen LogP contribution in [0.5, 0.6) is 5.75 Å². The van der Waals surface area contributed by atoms with Crippen LogP contribution in [0.25, 0.3) is 11.4 Å². The van der Waals surface area contributed by atoms with E-state index in [0.717, 1.165) is 39.7 Å². The Hall–Kier alpha value is -3.23. The summed E-state index contributed by atoms with van der Waals surface area (Å²) in [4.78, 5) is 4.30. The molecule has 8 heteroatoms. The number of fused-ring (bicyclic) bond motifs is 1. The molecule has 0 N–H and O–H groups in total. The van der Waals surface area contributed by atoms with Gasteiger partial charge in [0.25, 0.3) is 0 Å². The fourth-order valence-electron chi connectivity index (χ4n) is 5.35. The highest BCUT2D eigenvalue weighted by Crippen LogP contribution is 2.42. The lowest BCUT2D eigenvalue weighted by Gasteiger charge is -2.31. The van der Waals surface area contributed by atoms with Crippen molar-refractivity contribution in [3.05, 3.63) is 89.5 Å². The maximum Gasteiger partial charge on any atom is 0.227 e. The van der Waals surface area contributed by atoms with Crippen molar-refractivity contribution < 1.29 is 13.9 Å². The molecule has 0 bridgehead atoms. The lowest BCUT2D eigenvalue weighted by Crippen LogP contribution is -2.22. The molecule has 1 fully saturated rings. The second-order valence-corrected chi connectivity index (χ2v) is 10.7. The molecule has 1 aliphatic heterocycles. The van der Waals surface area contributed by atoms with Gasteiger partial charge in [-0.2, -0.15) is 0 Å². The number of aromatic nitrogens is 4. The van der Waals surface area contributed by atoms with Crippen LogP contribution in [0.15, 0.2) is 72.1 Å². The highest BCUT2D eigenvalue weighted by molar-refractivity contribution is 7.98. The molecule has 190 valence electrons. The molecule has 1 aliphatic carbocycles. The number of ether oxygens (including phenoxy) is 2. The van der Waals surface area contributed by atoms with Crippen LogP contribution in [-0.4, -0.2) is 19.7 Å². The van der Waals surface area contributed by atoms with Gasteiger partial charge in [-0.1, -0.05) is 61.9 Å². The Balaban J connectivity index is 1.31. The molecule has 0 spiro atoms. The molecule has 6 rings (SSSR count). The zero-order chi connectivity index (χ0) is 25.2. The van der Waals surface area contributed by atoms with E-state index in [4.69, 9.17) is 9.47 Å². The van der Waals surface area contributed by atoms with Gasteiger partial charge in [-0.05, 0) is 43.0 Å². The van der Waals surface area contributed by atoms with Gasteiger partial charge in [0.1, 0.15) is 11.6 Å². The minimum Gasteiger partial charge on any atom is -0.460 e. The molecule has 0 unspecified atom stereocenters. The minimum atomic E-state index is -0.521. The summed E-state index contributed by atoms with van der Waals surface area (Å²) >= 11 is 1.57. The Morgan fingerprint density at radius 3 is 2.73 bits per heavy atom. The molecule has 37 heavy (non-hydrogen) atoms. The second-order valence-electron chi connectivity index (χ2n) is 9.76. The van der Waals surface area contributed by atoms with Crippen LogP contribution in [0.3, 0.4) is 0 Å². The molecule has 2 aromatic heterocycles. The zero-order valence-electron chi connectivity index (χ0n) is 20.7. The van der Waals surface area contributed by atoms with Crippen LogP contribution in [0, 0.1) is 11.7 Å². The number of pyridine rings is 1. The van der Waals surface area contributed by atoms with Crippen LogP contribution in [0.1, 0.15) is 61.6 Å². The Kier molecular flexibility index (Phi) is 6.93. The first kappa shape index (κ1) is 24.1. The molecular weight excluding hydrogens is 487 g/mol. The second kappa shape index (κ2) is 10.6. The van der Waals surface area contributed by atoms with E-state index >= 15 is 0 Å². The summed E-state index contributed by atoms with van der Waals surface area (Å²) in [7, 11) is 0. The molecule has 0 amide bonds. The predicted octanol–water partition coefficient (Wildman–Crippen LogP) is 7.13. The van der Waals surface area contributed by atoms with Crippen molar-refractivity contribution in [1.29, 1.82) is 0 Å². The van der Waals surface area contributed by atoms with Crippen molar-refractivity contribution in [1.82, 2.24) is 19.7 Å². The fourth-order valence-corrected chi connectivity index (χ4v) is 6.31. The van der Waals surface area contributed by atoms with Crippen molar-refractivity contribution >= 4 is 11.8 Å². The van der Waals surface area contributed by atoms with Crippen molar-refractivity contribution in [2.75, 3.05) is 0 Å². The number of benzene rings is 2. The monoisotopic (exact) mass is 516 g/mol. The molecule has 3 atom stereocenters. The fraction of sp³-hybridized carbons (Fsp3) is 0.345. The summed E-state index contributed by atoms with van der Waals surface area (Å²) in [6.45, 7) is 2.61. The predicted molar refractivity (Wildman–Crippen MR) is 140 cm³/mol. The standard InChI is InChI=1S/C29H29FN4O2S/c1-19-8-5-6-12-25(19)34-27(21-11-7-13-31-16-21)32-33-29(34)37-18-23-15-24(30)14-22-17-35-28(36-26(22)23)20-9-3-2-4-10-20/h2-4,7,9-11,13-16,19,25,28H,5-6,8,12,17-18H2,1H3/t19-,25+,28-/m1/s1. The SMILES string of the molecule is C[C@@H]1CCCC[C@@H]1n1c(SCc2cc(F)cc3c2O[C@H](c2ccccc2)OC3)nnc1-c1cccnc1. The van der Waals surface area contributed by atoms with Gasteiger partial charge < -0.3 is 9.47 Å². The normalized spacial score (nSPS) is 21.3. The number of hydrogen-bond acceptors (Lipinski definition) is 6. The molecule has 4 aromatic rings. The van der Waals surface area contributed by atoms with Gasteiger partial charge in [0.15, 0.2) is 11.0 Å². The van der Waals surface area contributed by atoms with Crippen LogP contribution >= 0.6 is 11.8 Å². The zero-order valence-corrected chi connectivity index (χ0v) is 21.5. The molecule has 2 aromatic carbocycles. The molecule has 1 saturated carbocycles. The van der Waals surface area contributed by atoms with Crippen LogP contribution in [0.4, 0.5) is 4.39 Å². The van der Waals surface area contributed by atoms with Crippen molar-refractivity contribution in [3.63, 3.8) is 0 Å². The van der Waals surface area contributed by atoms with E-state index in [2.05, 4.69) is 26.7 Å². The number of rotatable bonds is 6. The molecule has 6 nitrogen and oxygen atoms in total. The first-order chi connectivity index (χ1) is 18.2. The summed E-state index contributed by atoms with van der Waals surface area (Å²) in [6, 6.07) is 17.1. The summed E-state index contributed by atoms with van der Waals surface area (Å²) < 4.78 is 29.0. The average molecular weight is 517 g/mol. The van der Waals surface area contributed by atoms with E-state index < -0.39 is 6.29 Å². The van der Waals surface area contributed by atoms with Crippen molar-refractivity contribution in [2.24, 2.45) is 5.92 Å². The van der Waals surface area contributed by atoms with Gasteiger partial charge in [0, 0.05) is 46.4 Å². The molecule has 0 saturated heterocycles. The lowest BCUT2D eigenvalue weighted by atomic mass is 9.85. The molecule has 2 aliphatic rings. The van der Waals surface area contributed by atoms with E-state index in [0.29, 0.717) is 30.1 Å². The Bertz CT molecular complexity index is 1370. The number of nitrogens with zero attached hydrogens (tertiary/aromatic N) is 4. The van der Waals surface area contributed by atoms with Gasteiger partial charge in [-0.15, -0.1) is 10.2 Å². The Morgan fingerprint density at radius 1 is 1.05 bits per heavy atom. The third kappa shape index (κ3) is 5.00. The van der Waals surface area contributed by atoms with Gasteiger partial charge in [-0.3, -0.25) is 9.55 Å². The van der Waals surface area contributed by atoms with E-state index in [1.165, 1.54) is 25.3 Å². The first-order valence-electron chi connectivity index (χ1n) is 12.8. The third-order valence-electron chi connectivity index (χ3n) is 7.23. The highest BCUT2D eigenvalue weighted by Gasteiger charge is 2.30. The third-order valence-corrected chi connectivity index (χ3v) is 8.23. The topological polar surface area (TPSA) is 62.1 Å². The van der Waals surface area contributed by atoms with Crippen LogP contribution in [0.2, 0.25) is 0 Å². The van der Waals surface area contributed by atoms with E-state index in [9.17, 15) is 4.39 Å². The maximum atomic E-state index is 14.6. The Morgan fingerprint density at radius 2 is 1.92 bits per heavy atom. The Labute approximate surface area is 220 Å². The van der Waals surface area contributed by atoms with Gasteiger partial charge in [-0.25, -0.2) is 4.39 Å².